The number of nitrogens with zero attached hydrogens (tertiary/aromatic N) is 1. The molecule has 4 rings (SSSR count). The van der Waals surface area contributed by atoms with Gasteiger partial charge in [-0.3, -0.25) is 4.79 Å². The number of ether oxygens (including phenoxy) is 2. The highest BCUT2D eigenvalue weighted by Crippen LogP contribution is 2.38. The van der Waals surface area contributed by atoms with Gasteiger partial charge in [0.2, 0.25) is 0 Å². The van der Waals surface area contributed by atoms with Crippen LogP contribution in [0.25, 0.3) is 16.8 Å². The number of fused-ring (bicyclic) bond motifs is 1. The van der Waals surface area contributed by atoms with Gasteiger partial charge in [0.15, 0.2) is 16.7 Å². The normalized spacial score (nSPS) is 15.0. The van der Waals surface area contributed by atoms with E-state index in [1.165, 1.54) is 5.39 Å². The monoisotopic (exact) mass is 424 g/mol. The van der Waals surface area contributed by atoms with Gasteiger partial charge in [-0.15, -0.1) is 0 Å². The van der Waals surface area contributed by atoms with Gasteiger partial charge in [-0.25, -0.2) is 0 Å². The zero-order valence-electron chi connectivity index (χ0n) is 15.5. The van der Waals surface area contributed by atoms with E-state index < -0.39 is 0 Å². The number of rotatable bonds is 5. The summed E-state index contributed by atoms with van der Waals surface area (Å²) in [5.74, 6) is 0.569. The van der Waals surface area contributed by atoms with Crippen molar-refractivity contribution in [1.29, 1.82) is 0 Å². The van der Waals surface area contributed by atoms with E-state index in [9.17, 15) is 4.79 Å². The molecule has 0 aliphatic carbocycles. The minimum absolute atomic E-state index is 0.231. The molecule has 3 aromatic rings. The van der Waals surface area contributed by atoms with Gasteiger partial charge in [-0.1, -0.05) is 48.0 Å². The first-order chi connectivity index (χ1) is 14.0. The highest BCUT2D eigenvalue weighted by Gasteiger charge is 2.20. The van der Waals surface area contributed by atoms with Gasteiger partial charge in [0.25, 0.3) is 5.91 Å². The Kier molecular flexibility index (Phi) is 5.47. The fraction of sp³-hybridized carbons (Fsp3) is 0.0909. The smallest absolute Gasteiger partial charge is 0.286 e. The summed E-state index contributed by atoms with van der Waals surface area (Å²) in [6, 6.07) is 17.8. The molecule has 0 saturated heterocycles. The first-order valence-electron chi connectivity index (χ1n) is 8.79. The van der Waals surface area contributed by atoms with E-state index in [1.54, 1.807) is 25.3 Å². The highest BCUT2D eigenvalue weighted by molar-refractivity contribution is 8.18. The Bertz CT molecular complexity index is 1170. The summed E-state index contributed by atoms with van der Waals surface area (Å²) in [6.45, 7) is 0.347. The maximum Gasteiger partial charge on any atom is 0.286 e. The van der Waals surface area contributed by atoms with Crippen molar-refractivity contribution >= 4 is 51.3 Å². The van der Waals surface area contributed by atoms with E-state index in [-0.39, 0.29) is 11.1 Å². The predicted molar refractivity (Wildman–Crippen MR) is 118 cm³/mol. The summed E-state index contributed by atoms with van der Waals surface area (Å²) in [4.78, 5) is 15.9. The zero-order valence-corrected chi connectivity index (χ0v) is 17.1. The molecule has 0 atom stereocenters. The van der Waals surface area contributed by atoms with Crippen LogP contribution in [0.2, 0.25) is 5.02 Å². The average molecular weight is 425 g/mol. The molecule has 2 N–H and O–H groups in total. The number of aliphatic imine (C=N–C) groups is 1. The predicted octanol–water partition coefficient (Wildman–Crippen LogP) is 5.01. The minimum Gasteiger partial charge on any atom is -0.493 e. The molecule has 1 heterocycles. The van der Waals surface area contributed by atoms with Gasteiger partial charge in [-0.2, -0.15) is 4.99 Å². The summed E-state index contributed by atoms with van der Waals surface area (Å²) in [5, 5.41) is 2.94. The highest BCUT2D eigenvalue weighted by atomic mass is 35.5. The lowest BCUT2D eigenvalue weighted by Crippen LogP contribution is -2.01. The molecule has 3 aromatic carbocycles. The van der Waals surface area contributed by atoms with Crippen LogP contribution < -0.4 is 15.2 Å². The second-order valence-corrected chi connectivity index (χ2v) is 7.84. The Morgan fingerprint density at radius 2 is 1.93 bits per heavy atom. The number of carbonyl (C=O) groups excluding carboxylic acids is 1. The second-order valence-electron chi connectivity index (χ2n) is 6.37. The molecule has 7 heteroatoms. The van der Waals surface area contributed by atoms with Gasteiger partial charge in [0, 0.05) is 0 Å². The number of nitrogens with two attached hydrogens (primary N) is 1. The lowest BCUT2D eigenvalue weighted by atomic mass is 10.1. The third-order valence-corrected chi connectivity index (χ3v) is 5.48. The zero-order chi connectivity index (χ0) is 20.4. The first kappa shape index (κ1) is 19.4. The fourth-order valence-electron chi connectivity index (χ4n) is 3.02. The molecular formula is C22H17ClN2O3S. The molecule has 1 aliphatic rings. The number of methoxy groups -OCH3 is 1. The summed E-state index contributed by atoms with van der Waals surface area (Å²) in [5.41, 5.74) is 7.31. The Balaban J connectivity index is 1.57. The number of benzene rings is 3. The van der Waals surface area contributed by atoms with Crippen LogP contribution in [0.1, 0.15) is 11.1 Å². The van der Waals surface area contributed by atoms with E-state index in [0.29, 0.717) is 33.6 Å². The number of carbonyl (C=O) groups is 1. The van der Waals surface area contributed by atoms with Crippen LogP contribution in [0, 0.1) is 0 Å². The molecule has 0 saturated carbocycles. The van der Waals surface area contributed by atoms with Gasteiger partial charge in [0.1, 0.15) is 6.61 Å². The molecule has 0 bridgehead atoms. The molecule has 0 fully saturated rings. The van der Waals surface area contributed by atoms with Crippen molar-refractivity contribution in [2.24, 2.45) is 10.7 Å². The van der Waals surface area contributed by atoms with Crippen LogP contribution in [0.5, 0.6) is 11.5 Å². The summed E-state index contributed by atoms with van der Waals surface area (Å²) >= 11 is 7.57. The Labute approximate surface area is 177 Å². The number of halogens is 1. The molecule has 0 unspecified atom stereocenters. The van der Waals surface area contributed by atoms with Crippen LogP contribution >= 0.6 is 23.4 Å². The van der Waals surface area contributed by atoms with Crippen molar-refractivity contribution in [3.63, 3.8) is 0 Å². The third-order valence-electron chi connectivity index (χ3n) is 4.38. The second kappa shape index (κ2) is 8.19. The Morgan fingerprint density at radius 1 is 1.14 bits per heavy atom. The van der Waals surface area contributed by atoms with Gasteiger partial charge < -0.3 is 15.2 Å². The summed E-state index contributed by atoms with van der Waals surface area (Å²) in [7, 11) is 1.54. The molecule has 1 amide bonds. The number of amides is 1. The van der Waals surface area contributed by atoms with Crippen LogP contribution in [0.15, 0.2) is 64.5 Å². The summed E-state index contributed by atoms with van der Waals surface area (Å²) < 4.78 is 11.4. The van der Waals surface area contributed by atoms with E-state index in [1.807, 2.05) is 18.2 Å². The Hall–Kier alpha value is -2.96. The molecular weight excluding hydrogens is 408 g/mol. The van der Waals surface area contributed by atoms with E-state index >= 15 is 0 Å². The minimum atomic E-state index is -0.362. The largest absolute Gasteiger partial charge is 0.493 e. The standard InChI is InChI=1S/C22H17ClN2O3S/c1-27-18-10-14(11-19-21(26)25-22(24)29-19)9-17(23)20(18)28-12-13-6-7-15-4-2-3-5-16(15)8-13/h2-11H,12H2,1H3,(H2,24,25,26). The van der Waals surface area contributed by atoms with Crippen LogP contribution in [-0.4, -0.2) is 18.2 Å². The topological polar surface area (TPSA) is 73.9 Å². The first-order valence-corrected chi connectivity index (χ1v) is 9.99. The van der Waals surface area contributed by atoms with Crippen LogP contribution in [-0.2, 0) is 11.4 Å². The maximum absolute atomic E-state index is 11.8. The van der Waals surface area contributed by atoms with Crippen molar-refractivity contribution in [1.82, 2.24) is 0 Å². The lowest BCUT2D eigenvalue weighted by molar-refractivity contribution is -0.113. The maximum atomic E-state index is 11.8. The van der Waals surface area contributed by atoms with E-state index in [4.69, 9.17) is 26.8 Å². The van der Waals surface area contributed by atoms with Crippen LogP contribution in [0.3, 0.4) is 0 Å². The van der Waals surface area contributed by atoms with Crippen molar-refractivity contribution < 1.29 is 14.3 Å². The lowest BCUT2D eigenvalue weighted by Gasteiger charge is -2.14. The number of thioether (sulfide) groups is 1. The van der Waals surface area contributed by atoms with Crippen LogP contribution in [0.4, 0.5) is 0 Å². The summed E-state index contributed by atoms with van der Waals surface area (Å²) in [6.07, 6.45) is 1.68. The number of hydrogen-bond donors (Lipinski definition) is 1. The van der Waals surface area contributed by atoms with Gasteiger partial charge >= 0.3 is 0 Å². The molecule has 0 aromatic heterocycles. The van der Waals surface area contributed by atoms with Crippen molar-refractivity contribution in [2.75, 3.05) is 7.11 Å². The quantitative estimate of drug-likeness (QED) is 0.583. The van der Waals surface area contributed by atoms with E-state index in [0.717, 1.165) is 22.7 Å². The SMILES string of the molecule is COc1cc(C=C2SC(N)=NC2=O)cc(Cl)c1OCc1ccc2ccccc2c1. The van der Waals surface area contributed by atoms with Crippen molar-refractivity contribution in [2.45, 2.75) is 6.61 Å². The average Bonchev–Trinajstić information content (AvgIpc) is 3.03. The van der Waals surface area contributed by atoms with Gasteiger partial charge in [0.05, 0.1) is 17.0 Å². The Morgan fingerprint density at radius 3 is 2.66 bits per heavy atom. The van der Waals surface area contributed by atoms with Gasteiger partial charge in [-0.05, 0) is 57.9 Å². The molecule has 0 radical (unpaired) electrons. The molecule has 29 heavy (non-hydrogen) atoms. The van der Waals surface area contributed by atoms with Crippen molar-refractivity contribution in [3.05, 3.63) is 75.7 Å². The molecule has 0 spiro atoms. The molecule has 1 aliphatic heterocycles. The van der Waals surface area contributed by atoms with E-state index in [2.05, 4.69) is 29.3 Å². The molecule has 5 nitrogen and oxygen atoms in total. The molecule has 146 valence electrons. The number of hydrogen-bond acceptors (Lipinski definition) is 5. The van der Waals surface area contributed by atoms with Crippen molar-refractivity contribution in [3.8, 4) is 11.5 Å². The number of amidine groups is 1. The third kappa shape index (κ3) is 4.23. The fourth-order valence-corrected chi connectivity index (χ4v) is 3.98.